The van der Waals surface area contributed by atoms with Gasteiger partial charge in [-0.2, -0.15) is 0 Å². The number of ether oxygens (including phenoxy) is 2. The van der Waals surface area contributed by atoms with Gasteiger partial charge in [0.25, 0.3) is 0 Å². The van der Waals surface area contributed by atoms with Gasteiger partial charge in [-0.05, 0) is 20.3 Å². The van der Waals surface area contributed by atoms with Crippen molar-refractivity contribution in [3.05, 3.63) is 12.3 Å². The van der Waals surface area contributed by atoms with Crippen molar-refractivity contribution in [3.8, 4) is 0 Å². The van der Waals surface area contributed by atoms with Crippen molar-refractivity contribution in [1.82, 2.24) is 0 Å². The van der Waals surface area contributed by atoms with E-state index in [-0.39, 0.29) is 0 Å². The summed E-state index contributed by atoms with van der Waals surface area (Å²) in [5.41, 5.74) is 0. The Bertz CT molecular complexity index is 99.7. The molecule has 0 bridgehead atoms. The van der Waals surface area contributed by atoms with Crippen LogP contribution in [0.2, 0.25) is 0 Å². The second kappa shape index (κ2) is 7.61. The Morgan fingerprint density at radius 2 is 2.09 bits per heavy atom. The molecule has 0 rings (SSSR count). The molecule has 0 N–H and O–H groups in total. The van der Waals surface area contributed by atoms with Gasteiger partial charge in [-0.25, -0.2) is 0 Å². The number of allylic oxidation sites excluding steroid dienone is 1. The molecule has 1 atom stereocenters. The van der Waals surface area contributed by atoms with E-state index in [9.17, 15) is 0 Å². The molecule has 2 heteroatoms. The van der Waals surface area contributed by atoms with E-state index < -0.39 is 0 Å². The summed E-state index contributed by atoms with van der Waals surface area (Å²) < 4.78 is 10.5. The van der Waals surface area contributed by atoms with Gasteiger partial charge in [0.2, 0.25) is 0 Å². The van der Waals surface area contributed by atoms with Crippen LogP contribution in [0.3, 0.4) is 0 Å². The Hall–Kier alpha value is -0.500. The number of hydrogen-bond acceptors (Lipinski definition) is 2. The molecule has 0 amide bonds. The van der Waals surface area contributed by atoms with Gasteiger partial charge in [-0.1, -0.05) is 13.0 Å². The highest BCUT2D eigenvalue weighted by Gasteiger charge is 1.95. The Morgan fingerprint density at radius 1 is 1.36 bits per heavy atom. The standard InChI is InChI=1S/C9H18O2/c1-4-6-10-7-8-11-9(3)5-2/h4,6,9H,5,7-8H2,1-3H3. The molecule has 0 aliphatic heterocycles. The van der Waals surface area contributed by atoms with Crippen LogP contribution < -0.4 is 0 Å². The number of rotatable bonds is 6. The minimum absolute atomic E-state index is 0.351. The van der Waals surface area contributed by atoms with Gasteiger partial charge >= 0.3 is 0 Å². The molecule has 0 aliphatic rings. The van der Waals surface area contributed by atoms with Crippen molar-refractivity contribution in [2.75, 3.05) is 13.2 Å². The summed E-state index contributed by atoms with van der Waals surface area (Å²) in [6.45, 7) is 7.43. The van der Waals surface area contributed by atoms with Crippen LogP contribution in [0.4, 0.5) is 0 Å². The minimum atomic E-state index is 0.351. The molecule has 0 spiro atoms. The lowest BCUT2D eigenvalue weighted by atomic mass is 10.3. The van der Waals surface area contributed by atoms with E-state index in [1.165, 1.54) is 0 Å². The zero-order chi connectivity index (χ0) is 8.53. The zero-order valence-corrected chi connectivity index (χ0v) is 7.67. The molecule has 0 saturated heterocycles. The van der Waals surface area contributed by atoms with Crippen molar-refractivity contribution >= 4 is 0 Å². The molecular weight excluding hydrogens is 140 g/mol. The Morgan fingerprint density at radius 3 is 2.64 bits per heavy atom. The highest BCUT2D eigenvalue weighted by molar-refractivity contribution is 4.64. The fourth-order valence-electron chi connectivity index (χ4n) is 0.580. The topological polar surface area (TPSA) is 18.5 Å². The molecule has 0 radical (unpaired) electrons. The maximum atomic E-state index is 5.38. The second-order valence-electron chi connectivity index (χ2n) is 2.43. The average molecular weight is 158 g/mol. The lowest BCUT2D eigenvalue weighted by Gasteiger charge is -2.09. The maximum Gasteiger partial charge on any atom is 0.111 e. The van der Waals surface area contributed by atoms with Crippen LogP contribution in [-0.2, 0) is 9.47 Å². The van der Waals surface area contributed by atoms with Gasteiger partial charge in [0, 0.05) is 0 Å². The van der Waals surface area contributed by atoms with E-state index in [1.54, 1.807) is 6.26 Å². The van der Waals surface area contributed by atoms with Crippen molar-refractivity contribution in [2.45, 2.75) is 33.3 Å². The Labute approximate surface area is 69.2 Å². The summed E-state index contributed by atoms with van der Waals surface area (Å²) in [6.07, 6.45) is 4.96. The van der Waals surface area contributed by atoms with Crippen LogP contribution in [-0.4, -0.2) is 19.3 Å². The maximum absolute atomic E-state index is 5.38. The summed E-state index contributed by atoms with van der Waals surface area (Å²) >= 11 is 0. The van der Waals surface area contributed by atoms with Crippen molar-refractivity contribution in [1.29, 1.82) is 0 Å². The van der Waals surface area contributed by atoms with E-state index in [4.69, 9.17) is 9.47 Å². The van der Waals surface area contributed by atoms with Crippen molar-refractivity contribution < 1.29 is 9.47 Å². The van der Waals surface area contributed by atoms with Gasteiger partial charge in [0.05, 0.1) is 19.0 Å². The van der Waals surface area contributed by atoms with E-state index in [0.29, 0.717) is 19.3 Å². The van der Waals surface area contributed by atoms with Gasteiger partial charge in [0.1, 0.15) is 6.61 Å². The highest BCUT2D eigenvalue weighted by Crippen LogP contribution is 1.94. The monoisotopic (exact) mass is 158 g/mol. The van der Waals surface area contributed by atoms with E-state index >= 15 is 0 Å². The predicted octanol–water partition coefficient (Wildman–Crippen LogP) is 2.35. The normalized spacial score (nSPS) is 13.7. The fraction of sp³-hybridized carbons (Fsp3) is 0.778. The van der Waals surface area contributed by atoms with E-state index in [1.807, 2.05) is 13.0 Å². The number of hydrogen-bond donors (Lipinski definition) is 0. The molecule has 1 unspecified atom stereocenters. The molecule has 0 heterocycles. The highest BCUT2D eigenvalue weighted by atomic mass is 16.5. The molecule has 0 saturated carbocycles. The quantitative estimate of drug-likeness (QED) is 0.436. The SMILES string of the molecule is CC=COCCOC(C)CC. The third-order valence-corrected chi connectivity index (χ3v) is 1.41. The fourth-order valence-corrected chi connectivity index (χ4v) is 0.580. The summed E-state index contributed by atoms with van der Waals surface area (Å²) in [5, 5.41) is 0. The molecule has 0 aromatic rings. The largest absolute Gasteiger partial charge is 0.499 e. The zero-order valence-electron chi connectivity index (χ0n) is 7.67. The third kappa shape index (κ3) is 7.40. The van der Waals surface area contributed by atoms with Crippen molar-refractivity contribution in [3.63, 3.8) is 0 Å². The van der Waals surface area contributed by atoms with Gasteiger partial charge < -0.3 is 9.47 Å². The molecule has 0 aromatic carbocycles. The molecule has 0 aliphatic carbocycles. The lowest BCUT2D eigenvalue weighted by Crippen LogP contribution is -2.10. The van der Waals surface area contributed by atoms with E-state index in [2.05, 4.69) is 13.8 Å². The second-order valence-corrected chi connectivity index (χ2v) is 2.43. The predicted molar refractivity (Wildman–Crippen MR) is 46.5 cm³/mol. The first-order chi connectivity index (χ1) is 5.31. The van der Waals surface area contributed by atoms with Gasteiger partial charge in [0.15, 0.2) is 0 Å². The average Bonchev–Trinajstić information content (AvgIpc) is 2.04. The van der Waals surface area contributed by atoms with Crippen LogP contribution in [0.5, 0.6) is 0 Å². The smallest absolute Gasteiger partial charge is 0.111 e. The van der Waals surface area contributed by atoms with E-state index in [0.717, 1.165) is 6.42 Å². The molecule has 0 fully saturated rings. The van der Waals surface area contributed by atoms with Gasteiger partial charge in [-0.3, -0.25) is 0 Å². The molecular formula is C9H18O2. The first-order valence-electron chi connectivity index (χ1n) is 4.15. The molecule has 66 valence electrons. The van der Waals surface area contributed by atoms with Crippen LogP contribution >= 0.6 is 0 Å². The minimum Gasteiger partial charge on any atom is -0.499 e. The van der Waals surface area contributed by atoms with Crippen molar-refractivity contribution in [2.24, 2.45) is 0 Å². The van der Waals surface area contributed by atoms with Crippen LogP contribution in [0, 0.1) is 0 Å². The summed E-state index contributed by atoms with van der Waals surface area (Å²) in [5.74, 6) is 0. The van der Waals surface area contributed by atoms with Crippen LogP contribution in [0.1, 0.15) is 27.2 Å². The molecule has 2 nitrogen and oxygen atoms in total. The lowest BCUT2D eigenvalue weighted by molar-refractivity contribution is 0.0333. The van der Waals surface area contributed by atoms with Crippen LogP contribution in [0.15, 0.2) is 12.3 Å². The van der Waals surface area contributed by atoms with Crippen LogP contribution in [0.25, 0.3) is 0 Å². The summed E-state index contributed by atoms with van der Waals surface area (Å²) in [7, 11) is 0. The third-order valence-electron chi connectivity index (χ3n) is 1.41. The molecule has 0 aromatic heterocycles. The summed E-state index contributed by atoms with van der Waals surface area (Å²) in [4.78, 5) is 0. The Balaban J connectivity index is 3.01. The first kappa shape index (κ1) is 10.5. The van der Waals surface area contributed by atoms with Gasteiger partial charge in [-0.15, -0.1) is 0 Å². The summed E-state index contributed by atoms with van der Waals surface area (Å²) in [6, 6.07) is 0. The Kier molecular flexibility index (Phi) is 7.26. The molecule has 11 heavy (non-hydrogen) atoms. The first-order valence-corrected chi connectivity index (χ1v) is 4.15.